The molecular weight excluding hydrogens is 466 g/mol. The Kier molecular flexibility index (Phi) is 7.66. The molecule has 12 heteroatoms. The molecule has 0 aliphatic carbocycles. The Morgan fingerprint density at radius 1 is 1.33 bits per heavy atom. The molecule has 3 heterocycles. The first-order valence-corrected chi connectivity index (χ1v) is 11.3. The number of aliphatic hydroxyl groups is 2. The van der Waals surface area contributed by atoms with E-state index in [4.69, 9.17) is 21.6 Å². The van der Waals surface area contributed by atoms with Gasteiger partial charge in [-0.3, -0.25) is 9.36 Å². The molecule has 3 aromatic rings. The van der Waals surface area contributed by atoms with Gasteiger partial charge in [-0.05, 0) is 24.1 Å². The Balaban J connectivity index is 1.45. The number of nitrogens with two attached hydrogens (primary N) is 1. The van der Waals surface area contributed by atoms with Gasteiger partial charge in [-0.25, -0.2) is 15.0 Å². The van der Waals surface area contributed by atoms with E-state index < -0.39 is 43.0 Å². The number of benzene rings is 1. The molecule has 0 spiro atoms. The van der Waals surface area contributed by atoms with Crippen LogP contribution >= 0.6 is 0 Å². The van der Waals surface area contributed by atoms with Crippen molar-refractivity contribution >= 4 is 22.9 Å². The van der Waals surface area contributed by atoms with E-state index in [-0.39, 0.29) is 13.0 Å². The van der Waals surface area contributed by atoms with Gasteiger partial charge in [-0.15, -0.1) is 6.42 Å². The Morgan fingerprint density at radius 2 is 2.08 bits per heavy atom. The number of fused-ring (bicyclic) bond motifs is 1. The summed E-state index contributed by atoms with van der Waals surface area (Å²) in [5.74, 6) is 3.14. The molecule has 190 valence electrons. The largest absolute Gasteiger partial charge is 0.481 e. The molecular formula is C24H29N7O5. The third kappa shape index (κ3) is 5.09. The second-order valence-electron chi connectivity index (χ2n) is 8.64. The maximum atomic E-state index is 12.9. The molecule has 1 aliphatic heterocycles. The number of terminal acetylenes is 1. The van der Waals surface area contributed by atoms with Crippen molar-refractivity contribution in [3.63, 3.8) is 0 Å². The number of hydrogen-bond acceptors (Lipinski definition) is 10. The van der Waals surface area contributed by atoms with Gasteiger partial charge in [0.1, 0.15) is 30.9 Å². The van der Waals surface area contributed by atoms with Crippen LogP contribution in [0.5, 0.6) is 5.75 Å². The third-order valence-electron chi connectivity index (χ3n) is 5.94. The molecule has 12 nitrogen and oxygen atoms in total. The fraction of sp³-hybridized carbons (Fsp3) is 0.417. The molecule has 2 unspecified atom stereocenters. The van der Waals surface area contributed by atoms with Crippen molar-refractivity contribution in [2.45, 2.75) is 36.9 Å². The minimum Gasteiger partial charge on any atom is -0.481 e. The second-order valence-corrected chi connectivity index (χ2v) is 8.64. The van der Waals surface area contributed by atoms with Crippen LogP contribution in [0, 0.1) is 12.3 Å². The van der Waals surface area contributed by atoms with Crippen LogP contribution < -0.4 is 20.7 Å². The van der Waals surface area contributed by atoms with Crippen LogP contribution in [-0.2, 0) is 16.0 Å². The molecule has 0 radical (unpaired) electrons. The number of anilines is 1. The molecule has 4 rings (SSSR count). The summed E-state index contributed by atoms with van der Waals surface area (Å²) >= 11 is 0. The number of aliphatic hydroxyl groups excluding tert-OH is 2. The molecule has 1 fully saturated rings. The summed E-state index contributed by atoms with van der Waals surface area (Å²) in [7, 11) is 3.67. The zero-order valence-corrected chi connectivity index (χ0v) is 20.0. The summed E-state index contributed by atoms with van der Waals surface area (Å²) in [6.45, 7) is -0.254. The lowest BCUT2D eigenvalue weighted by molar-refractivity contribution is -0.124. The third-order valence-corrected chi connectivity index (χ3v) is 5.94. The maximum absolute atomic E-state index is 12.9. The average molecular weight is 496 g/mol. The summed E-state index contributed by atoms with van der Waals surface area (Å²) in [5.41, 5.74) is 7.94. The van der Waals surface area contributed by atoms with E-state index in [0.717, 1.165) is 5.56 Å². The topological polar surface area (TPSA) is 161 Å². The van der Waals surface area contributed by atoms with Crippen molar-refractivity contribution in [2.75, 3.05) is 32.2 Å². The number of aromatic nitrogens is 4. The number of rotatable bonds is 9. The first-order chi connectivity index (χ1) is 17.3. The van der Waals surface area contributed by atoms with Gasteiger partial charge < -0.3 is 35.6 Å². The number of carbonyl (C=O) groups excluding carboxylic acids is 1. The highest BCUT2D eigenvalue weighted by atomic mass is 16.5. The Hall–Kier alpha value is -3.76. The average Bonchev–Trinajstić information content (AvgIpc) is 3.44. The summed E-state index contributed by atoms with van der Waals surface area (Å²) in [4.78, 5) is 27.5. The zero-order chi connectivity index (χ0) is 25.8. The van der Waals surface area contributed by atoms with Crippen molar-refractivity contribution in [1.82, 2.24) is 24.8 Å². The molecule has 1 aliphatic rings. The summed E-state index contributed by atoms with van der Waals surface area (Å²) < 4.78 is 12.8. The highest BCUT2D eigenvalue weighted by Gasteiger charge is 2.46. The minimum absolute atomic E-state index is 0.165. The molecule has 1 amide bonds. The summed E-state index contributed by atoms with van der Waals surface area (Å²) in [6.07, 6.45) is 5.34. The van der Waals surface area contributed by atoms with Gasteiger partial charge >= 0.3 is 0 Å². The van der Waals surface area contributed by atoms with Gasteiger partial charge in [-0.1, -0.05) is 18.1 Å². The van der Waals surface area contributed by atoms with E-state index in [0.29, 0.717) is 22.7 Å². The fourth-order valence-electron chi connectivity index (χ4n) is 4.12. The highest BCUT2D eigenvalue weighted by Crippen LogP contribution is 2.32. The number of imidazole rings is 1. The smallest absolute Gasteiger partial charge is 0.237 e. The van der Waals surface area contributed by atoms with Crippen LogP contribution in [0.3, 0.4) is 0 Å². The van der Waals surface area contributed by atoms with Crippen molar-refractivity contribution < 1.29 is 24.5 Å². The van der Waals surface area contributed by atoms with Crippen molar-refractivity contribution in [2.24, 2.45) is 5.73 Å². The second kappa shape index (κ2) is 10.9. The quantitative estimate of drug-likeness (QED) is 0.277. The van der Waals surface area contributed by atoms with Gasteiger partial charge in [0.05, 0.1) is 25.0 Å². The van der Waals surface area contributed by atoms with Crippen molar-refractivity contribution in [3.8, 4) is 18.1 Å². The lowest BCUT2D eigenvalue weighted by Gasteiger charge is -2.23. The zero-order valence-electron chi connectivity index (χ0n) is 20.0. The number of nitrogens with zero attached hydrogens (tertiary/aromatic N) is 5. The molecule has 5 atom stereocenters. The maximum Gasteiger partial charge on any atom is 0.237 e. The minimum atomic E-state index is -1.19. The number of amides is 1. The molecule has 5 N–H and O–H groups in total. The molecule has 2 aromatic heterocycles. The van der Waals surface area contributed by atoms with Crippen LogP contribution in [-0.4, -0.2) is 87.2 Å². The van der Waals surface area contributed by atoms with Crippen LogP contribution in [0.25, 0.3) is 11.2 Å². The Labute approximate surface area is 208 Å². The van der Waals surface area contributed by atoms with E-state index in [1.54, 1.807) is 33.7 Å². The predicted molar refractivity (Wildman–Crippen MR) is 131 cm³/mol. The molecule has 1 saturated heterocycles. The molecule has 0 bridgehead atoms. The Bertz CT molecular complexity index is 1240. The van der Waals surface area contributed by atoms with E-state index in [9.17, 15) is 15.0 Å². The summed E-state index contributed by atoms with van der Waals surface area (Å²) in [5, 5.41) is 23.7. The monoisotopic (exact) mass is 495 g/mol. The van der Waals surface area contributed by atoms with Gasteiger partial charge in [0.15, 0.2) is 23.2 Å². The van der Waals surface area contributed by atoms with Gasteiger partial charge in [-0.2, -0.15) is 0 Å². The lowest BCUT2D eigenvalue weighted by atomic mass is 10.0. The number of carbonyl (C=O) groups is 1. The lowest BCUT2D eigenvalue weighted by Crippen LogP contribution is -2.53. The highest BCUT2D eigenvalue weighted by molar-refractivity contribution is 5.83. The Morgan fingerprint density at radius 3 is 2.75 bits per heavy atom. The molecule has 0 saturated carbocycles. The summed E-state index contributed by atoms with van der Waals surface area (Å²) in [6, 6.07) is 5.31. The van der Waals surface area contributed by atoms with Gasteiger partial charge in [0.25, 0.3) is 0 Å². The standard InChI is InChI=1S/C24H29N7O5/c1-4-9-35-15-7-5-14(6-8-15)10-16(25)23(34)29-18-17(11-32)36-24(20(18)33)31-13-28-19-21(30(2)3)26-12-27-22(19)31/h1,5-8,12-13,16-18,20,24,32-33H,9-11,25H2,2-3H3,(H,29,34)/t16-,17+,18?,20?,24+/m0/s1. The van der Waals surface area contributed by atoms with Gasteiger partial charge in [0, 0.05) is 14.1 Å². The predicted octanol–water partition coefficient (Wildman–Crippen LogP) is -0.790. The SMILES string of the molecule is C#CCOc1ccc(C[C@H](N)C(=O)NC2C(O)[C@H](n3cnc4c(N(C)C)ncnc43)O[C@@H]2CO)cc1. The molecule has 1 aromatic carbocycles. The van der Waals surface area contributed by atoms with Gasteiger partial charge in [0.2, 0.25) is 5.91 Å². The normalized spacial score (nSPS) is 22.2. The fourth-order valence-corrected chi connectivity index (χ4v) is 4.12. The first-order valence-electron chi connectivity index (χ1n) is 11.3. The molecule has 36 heavy (non-hydrogen) atoms. The number of hydrogen-bond donors (Lipinski definition) is 4. The first kappa shape index (κ1) is 25.3. The van der Waals surface area contributed by atoms with Crippen LogP contribution in [0.4, 0.5) is 5.82 Å². The number of ether oxygens (including phenoxy) is 2. The van der Waals surface area contributed by atoms with Crippen LogP contribution in [0.2, 0.25) is 0 Å². The number of nitrogens with one attached hydrogen (secondary N) is 1. The van der Waals surface area contributed by atoms with E-state index >= 15 is 0 Å². The van der Waals surface area contributed by atoms with E-state index in [1.807, 2.05) is 14.1 Å². The van der Waals surface area contributed by atoms with Crippen LogP contribution in [0.15, 0.2) is 36.9 Å². The van der Waals surface area contributed by atoms with Crippen molar-refractivity contribution in [1.29, 1.82) is 0 Å². The van der Waals surface area contributed by atoms with E-state index in [2.05, 4.69) is 26.2 Å². The van der Waals surface area contributed by atoms with Crippen LogP contribution in [0.1, 0.15) is 11.8 Å². The van der Waals surface area contributed by atoms with E-state index in [1.165, 1.54) is 12.7 Å². The van der Waals surface area contributed by atoms with Crippen molar-refractivity contribution in [3.05, 3.63) is 42.5 Å².